The van der Waals surface area contributed by atoms with Crippen LogP contribution in [0.2, 0.25) is 0 Å². The first kappa shape index (κ1) is 14.5. The number of aliphatic hydroxyl groups excluding tert-OH is 1. The van der Waals surface area contributed by atoms with Gasteiger partial charge in [0.05, 0.1) is 11.7 Å². The lowest BCUT2D eigenvalue weighted by molar-refractivity contribution is -0.136. The Morgan fingerprint density at radius 3 is 2.57 bits per heavy atom. The van der Waals surface area contributed by atoms with E-state index in [2.05, 4.69) is 20.9 Å². The molecule has 0 bridgehead atoms. The van der Waals surface area contributed by atoms with Crippen LogP contribution in [0.1, 0.15) is 24.4 Å². The van der Waals surface area contributed by atoms with Gasteiger partial charge >= 0.3 is 6.18 Å². The molecule has 1 aliphatic rings. The fourth-order valence-corrected chi connectivity index (χ4v) is 2.89. The lowest BCUT2D eigenvalue weighted by Gasteiger charge is -2.33. The van der Waals surface area contributed by atoms with Crippen LogP contribution in [0.15, 0.2) is 27.6 Å². The van der Waals surface area contributed by atoms with Gasteiger partial charge in [-0.3, -0.25) is 9.36 Å². The lowest BCUT2D eigenvalue weighted by Crippen LogP contribution is -2.37. The van der Waals surface area contributed by atoms with Crippen LogP contribution >= 0.6 is 15.9 Å². The molecule has 112 valence electrons. The normalized spacial score (nSPS) is 22.3. The fourth-order valence-electron chi connectivity index (χ4n) is 2.55. The Balaban J connectivity index is 2.31. The molecular weight excluding hydrogens is 353 g/mol. The summed E-state index contributed by atoms with van der Waals surface area (Å²) in [6.45, 7) is 0. The molecule has 1 aliphatic carbocycles. The Morgan fingerprint density at radius 2 is 2.00 bits per heavy atom. The number of rotatable bonds is 1. The second-order valence-corrected chi connectivity index (χ2v) is 5.98. The molecule has 8 heteroatoms. The number of aliphatic hydroxyl groups is 1. The molecule has 0 aromatic carbocycles. The highest BCUT2D eigenvalue weighted by molar-refractivity contribution is 9.10. The maximum atomic E-state index is 13.1. The molecular formula is C13H10BrF3N2O2. The summed E-state index contributed by atoms with van der Waals surface area (Å²) < 4.78 is 40.9. The van der Waals surface area contributed by atoms with Crippen LogP contribution in [-0.4, -0.2) is 20.8 Å². The standard InChI is InChI=1S/C13H10BrF3N2O2/c14-6-1-9-10(13(15,16)17)4-11(21)19(12(9)18-5-6)7-2-8(20)3-7/h1,4-5,7-8,20H,2-3H2. The zero-order valence-corrected chi connectivity index (χ0v) is 12.1. The van der Waals surface area contributed by atoms with E-state index in [4.69, 9.17) is 0 Å². The van der Waals surface area contributed by atoms with E-state index in [1.807, 2.05) is 0 Å². The maximum Gasteiger partial charge on any atom is 0.417 e. The van der Waals surface area contributed by atoms with Crippen molar-refractivity contribution in [2.24, 2.45) is 0 Å². The highest BCUT2D eigenvalue weighted by Gasteiger charge is 2.37. The minimum atomic E-state index is -4.63. The number of halogens is 4. The average Bonchev–Trinajstić information content (AvgIpc) is 2.34. The lowest BCUT2D eigenvalue weighted by atomic mass is 9.89. The zero-order chi connectivity index (χ0) is 15.4. The predicted molar refractivity (Wildman–Crippen MR) is 73.0 cm³/mol. The second-order valence-electron chi connectivity index (χ2n) is 5.07. The maximum absolute atomic E-state index is 13.1. The summed E-state index contributed by atoms with van der Waals surface area (Å²) in [6, 6.07) is 1.59. The highest BCUT2D eigenvalue weighted by atomic mass is 79.9. The fraction of sp³-hybridized carbons (Fsp3) is 0.385. The monoisotopic (exact) mass is 362 g/mol. The largest absolute Gasteiger partial charge is 0.417 e. The topological polar surface area (TPSA) is 55.1 Å². The van der Waals surface area contributed by atoms with Crippen molar-refractivity contribution in [2.75, 3.05) is 0 Å². The van der Waals surface area contributed by atoms with Gasteiger partial charge < -0.3 is 5.11 Å². The highest BCUT2D eigenvalue weighted by Crippen LogP contribution is 2.37. The molecule has 2 aromatic heterocycles. The molecule has 0 aliphatic heterocycles. The van der Waals surface area contributed by atoms with Crippen molar-refractivity contribution >= 4 is 27.0 Å². The van der Waals surface area contributed by atoms with Gasteiger partial charge in [-0.2, -0.15) is 13.2 Å². The van der Waals surface area contributed by atoms with Crippen molar-refractivity contribution in [3.63, 3.8) is 0 Å². The van der Waals surface area contributed by atoms with E-state index in [1.165, 1.54) is 16.8 Å². The Morgan fingerprint density at radius 1 is 1.33 bits per heavy atom. The number of pyridine rings is 2. The quantitative estimate of drug-likeness (QED) is 0.848. The summed E-state index contributed by atoms with van der Waals surface area (Å²) in [5.74, 6) is 0. The molecule has 0 atom stereocenters. The van der Waals surface area contributed by atoms with Gasteiger partial charge in [0.2, 0.25) is 0 Å². The summed E-state index contributed by atoms with van der Waals surface area (Å²) in [5, 5.41) is 9.22. The first-order valence-electron chi connectivity index (χ1n) is 6.23. The van der Waals surface area contributed by atoms with Crippen LogP contribution in [0.4, 0.5) is 13.2 Å². The van der Waals surface area contributed by atoms with Crippen molar-refractivity contribution in [3.05, 3.63) is 38.7 Å². The van der Waals surface area contributed by atoms with E-state index < -0.39 is 23.4 Å². The number of hydrogen-bond acceptors (Lipinski definition) is 3. The van der Waals surface area contributed by atoms with Gasteiger partial charge in [-0.1, -0.05) is 0 Å². The first-order valence-corrected chi connectivity index (χ1v) is 7.02. The van der Waals surface area contributed by atoms with E-state index in [1.54, 1.807) is 0 Å². The van der Waals surface area contributed by atoms with Crippen LogP contribution in [0.5, 0.6) is 0 Å². The molecule has 1 N–H and O–H groups in total. The van der Waals surface area contributed by atoms with Crippen molar-refractivity contribution in [3.8, 4) is 0 Å². The molecule has 0 radical (unpaired) electrons. The third kappa shape index (κ3) is 2.46. The number of aromatic nitrogens is 2. The molecule has 0 unspecified atom stereocenters. The van der Waals surface area contributed by atoms with Gasteiger partial charge in [0.25, 0.3) is 5.56 Å². The van der Waals surface area contributed by atoms with E-state index in [0.29, 0.717) is 23.4 Å². The molecule has 0 spiro atoms. The number of hydrogen-bond donors (Lipinski definition) is 1. The third-order valence-corrected chi connectivity index (χ3v) is 4.05. The van der Waals surface area contributed by atoms with E-state index in [-0.39, 0.29) is 17.1 Å². The van der Waals surface area contributed by atoms with Crippen LogP contribution in [-0.2, 0) is 6.18 Å². The van der Waals surface area contributed by atoms with E-state index in [9.17, 15) is 23.1 Å². The zero-order valence-electron chi connectivity index (χ0n) is 10.6. The van der Waals surface area contributed by atoms with E-state index >= 15 is 0 Å². The van der Waals surface area contributed by atoms with Crippen molar-refractivity contribution in [1.82, 2.24) is 9.55 Å². The minimum absolute atomic E-state index is 0.00470. The molecule has 0 saturated heterocycles. The van der Waals surface area contributed by atoms with Crippen LogP contribution in [0.25, 0.3) is 11.0 Å². The molecule has 3 rings (SSSR count). The second kappa shape index (κ2) is 4.81. The average molecular weight is 363 g/mol. The van der Waals surface area contributed by atoms with Crippen LogP contribution in [0.3, 0.4) is 0 Å². The SMILES string of the molecule is O=c1cc(C(F)(F)F)c2cc(Br)cnc2n1C1CC(O)C1. The smallest absolute Gasteiger partial charge is 0.393 e. The van der Waals surface area contributed by atoms with Crippen LogP contribution < -0.4 is 5.56 Å². The van der Waals surface area contributed by atoms with Crippen molar-refractivity contribution in [1.29, 1.82) is 0 Å². The summed E-state index contributed by atoms with van der Waals surface area (Å²) in [5.41, 5.74) is -1.75. The van der Waals surface area contributed by atoms with Crippen LogP contribution in [0, 0.1) is 0 Å². The summed E-state index contributed by atoms with van der Waals surface area (Å²) in [6.07, 6.45) is -3.10. The summed E-state index contributed by atoms with van der Waals surface area (Å²) in [7, 11) is 0. The summed E-state index contributed by atoms with van der Waals surface area (Å²) >= 11 is 3.10. The molecule has 4 nitrogen and oxygen atoms in total. The molecule has 2 aromatic rings. The first-order chi connectivity index (χ1) is 9.77. The Labute approximate surface area is 125 Å². The molecule has 21 heavy (non-hydrogen) atoms. The van der Waals surface area contributed by atoms with Gasteiger partial charge in [-0.25, -0.2) is 4.98 Å². The Kier molecular flexibility index (Phi) is 3.32. The summed E-state index contributed by atoms with van der Waals surface area (Å²) in [4.78, 5) is 16.0. The van der Waals surface area contributed by atoms with Gasteiger partial charge in [-0.05, 0) is 34.8 Å². The van der Waals surface area contributed by atoms with Crippen molar-refractivity contribution < 1.29 is 18.3 Å². The van der Waals surface area contributed by atoms with E-state index in [0.717, 1.165) is 0 Å². The predicted octanol–water partition coefficient (Wildman–Crippen LogP) is 2.87. The molecule has 1 saturated carbocycles. The number of alkyl halides is 3. The molecule has 2 heterocycles. The number of fused-ring (bicyclic) bond motifs is 1. The Bertz CT molecular complexity index is 766. The minimum Gasteiger partial charge on any atom is -0.393 e. The van der Waals surface area contributed by atoms with Gasteiger partial charge in [0, 0.05) is 28.2 Å². The van der Waals surface area contributed by atoms with Gasteiger partial charge in [-0.15, -0.1) is 0 Å². The molecule has 0 amide bonds. The number of nitrogens with zero attached hydrogens (tertiary/aromatic N) is 2. The Hall–Kier alpha value is -1.41. The van der Waals surface area contributed by atoms with Crippen molar-refractivity contribution in [2.45, 2.75) is 31.2 Å². The van der Waals surface area contributed by atoms with Gasteiger partial charge in [0.1, 0.15) is 5.65 Å². The van der Waals surface area contributed by atoms with Gasteiger partial charge in [0.15, 0.2) is 0 Å². The third-order valence-electron chi connectivity index (χ3n) is 3.62. The molecule has 1 fully saturated rings.